The van der Waals surface area contributed by atoms with Crippen LogP contribution in [0, 0.1) is 18.7 Å². The second-order valence-corrected chi connectivity index (χ2v) is 9.44. The van der Waals surface area contributed by atoms with E-state index < -0.39 is 11.7 Å². The number of pyridine rings is 1. The summed E-state index contributed by atoms with van der Waals surface area (Å²) in [6, 6.07) is 8.57. The molecule has 176 valence electrons. The molecule has 2 aromatic heterocycles. The van der Waals surface area contributed by atoms with Gasteiger partial charge in [-0.15, -0.1) is 10.2 Å². The highest BCUT2D eigenvalue weighted by Crippen LogP contribution is 2.49. The Bertz CT molecular complexity index is 1270. The van der Waals surface area contributed by atoms with Gasteiger partial charge in [0.05, 0.1) is 5.56 Å². The van der Waals surface area contributed by atoms with Crippen molar-refractivity contribution in [2.75, 3.05) is 5.32 Å². The Morgan fingerprint density at radius 1 is 1.21 bits per heavy atom. The van der Waals surface area contributed by atoms with Crippen molar-refractivity contribution in [2.45, 2.75) is 58.0 Å². The van der Waals surface area contributed by atoms with Crippen LogP contribution in [0.1, 0.15) is 66.6 Å². The number of hydrogen-bond acceptors (Lipinski definition) is 5. The van der Waals surface area contributed by atoms with Gasteiger partial charge in [0, 0.05) is 18.0 Å². The summed E-state index contributed by atoms with van der Waals surface area (Å²) >= 11 is 0. The molecule has 2 heterocycles. The summed E-state index contributed by atoms with van der Waals surface area (Å²) in [5.41, 5.74) is 2.08. The smallest absolute Gasteiger partial charge is 0.259 e. The van der Waals surface area contributed by atoms with Crippen LogP contribution in [0.15, 0.2) is 36.7 Å². The summed E-state index contributed by atoms with van der Waals surface area (Å²) < 4.78 is 16.6. The summed E-state index contributed by atoms with van der Waals surface area (Å²) in [5, 5.41) is 13.8. The van der Waals surface area contributed by atoms with E-state index in [9.17, 15) is 14.0 Å². The van der Waals surface area contributed by atoms with Crippen molar-refractivity contribution in [3.05, 3.63) is 59.2 Å². The van der Waals surface area contributed by atoms with E-state index >= 15 is 0 Å². The number of nitrogens with one attached hydrogen (secondary N) is 2. The first-order valence-corrected chi connectivity index (χ1v) is 11.6. The SMILES string of the molecule is Cc1cc(F)c(C(=O)Nc2cccc(-c3nncn3C(C)C)n2)cc1C1CC1C(=O)NC1CC1. The summed E-state index contributed by atoms with van der Waals surface area (Å²) in [7, 11) is 0. The molecule has 8 nitrogen and oxygen atoms in total. The van der Waals surface area contributed by atoms with E-state index in [4.69, 9.17) is 0 Å². The van der Waals surface area contributed by atoms with Crippen LogP contribution in [0.5, 0.6) is 0 Å². The summed E-state index contributed by atoms with van der Waals surface area (Å²) in [4.78, 5) is 29.8. The van der Waals surface area contributed by atoms with Crippen LogP contribution in [0.3, 0.4) is 0 Å². The van der Waals surface area contributed by atoms with E-state index in [1.807, 2.05) is 25.3 Å². The Balaban J connectivity index is 1.35. The van der Waals surface area contributed by atoms with Crippen molar-refractivity contribution in [1.82, 2.24) is 25.1 Å². The number of halogens is 1. The van der Waals surface area contributed by atoms with Crippen molar-refractivity contribution in [3.8, 4) is 11.5 Å². The predicted molar refractivity (Wildman–Crippen MR) is 125 cm³/mol. The maximum atomic E-state index is 14.8. The van der Waals surface area contributed by atoms with Crippen LogP contribution < -0.4 is 10.6 Å². The number of hydrogen-bond donors (Lipinski definition) is 2. The molecule has 2 aliphatic rings. The zero-order chi connectivity index (χ0) is 24.0. The zero-order valence-corrected chi connectivity index (χ0v) is 19.4. The third kappa shape index (κ3) is 4.42. The number of anilines is 1. The molecule has 0 radical (unpaired) electrons. The molecule has 9 heteroatoms. The maximum Gasteiger partial charge on any atom is 0.259 e. The van der Waals surface area contributed by atoms with Crippen molar-refractivity contribution < 1.29 is 14.0 Å². The lowest BCUT2D eigenvalue weighted by Crippen LogP contribution is -2.27. The standard InChI is InChI=1S/C25H27FN6O2/c1-13(2)32-12-27-31-23(32)21-5-4-6-22(29-21)30-25(34)19-10-16(14(3)9-20(19)26)17-11-18(17)24(33)28-15-7-8-15/h4-6,9-10,12-13,15,17-18H,7-8,11H2,1-3H3,(H,28,33)(H,29,30,34). The van der Waals surface area contributed by atoms with Gasteiger partial charge in [-0.05, 0) is 81.3 Å². The highest BCUT2D eigenvalue weighted by Gasteiger charge is 2.46. The van der Waals surface area contributed by atoms with Crippen LogP contribution in [0.25, 0.3) is 11.5 Å². The molecule has 34 heavy (non-hydrogen) atoms. The van der Waals surface area contributed by atoms with Crippen LogP contribution >= 0.6 is 0 Å². The number of amides is 2. The Morgan fingerprint density at radius 3 is 2.74 bits per heavy atom. The fourth-order valence-electron chi connectivity index (χ4n) is 4.24. The molecule has 3 aromatic rings. The van der Waals surface area contributed by atoms with E-state index in [2.05, 4.69) is 25.8 Å². The second-order valence-electron chi connectivity index (χ2n) is 9.44. The molecule has 0 spiro atoms. The molecule has 0 aliphatic heterocycles. The average Bonchev–Trinajstić information content (AvgIpc) is 3.71. The predicted octanol–water partition coefficient (Wildman–Crippen LogP) is 4.00. The van der Waals surface area contributed by atoms with E-state index in [0.717, 1.165) is 24.0 Å². The number of carbonyl (C=O) groups is 2. The normalized spacial score (nSPS) is 19.2. The van der Waals surface area contributed by atoms with Crippen LogP contribution in [-0.2, 0) is 4.79 Å². The van der Waals surface area contributed by atoms with Gasteiger partial charge in [0.25, 0.3) is 5.91 Å². The van der Waals surface area contributed by atoms with E-state index in [-0.39, 0.29) is 35.2 Å². The highest BCUT2D eigenvalue weighted by molar-refractivity contribution is 6.04. The summed E-state index contributed by atoms with van der Waals surface area (Å²) in [6.07, 6.45) is 4.42. The molecule has 1 aromatic carbocycles. The van der Waals surface area contributed by atoms with Gasteiger partial charge in [-0.2, -0.15) is 0 Å². The van der Waals surface area contributed by atoms with Gasteiger partial charge in [0.1, 0.15) is 23.7 Å². The van der Waals surface area contributed by atoms with E-state index in [0.29, 0.717) is 24.0 Å². The third-order valence-corrected chi connectivity index (χ3v) is 6.40. The quantitative estimate of drug-likeness (QED) is 0.553. The second kappa shape index (κ2) is 8.62. The fraction of sp³-hybridized carbons (Fsp3) is 0.400. The molecule has 2 atom stereocenters. The zero-order valence-electron chi connectivity index (χ0n) is 19.4. The largest absolute Gasteiger partial charge is 0.353 e. The Hall–Kier alpha value is -3.62. The molecule has 2 fully saturated rings. The van der Waals surface area contributed by atoms with Crippen molar-refractivity contribution in [1.29, 1.82) is 0 Å². The van der Waals surface area contributed by atoms with Gasteiger partial charge in [-0.25, -0.2) is 9.37 Å². The minimum absolute atomic E-state index is 0.00903. The summed E-state index contributed by atoms with van der Waals surface area (Å²) in [5.74, 6) is -0.374. The van der Waals surface area contributed by atoms with Crippen LogP contribution in [0.2, 0.25) is 0 Å². The van der Waals surface area contributed by atoms with Gasteiger partial charge < -0.3 is 15.2 Å². The minimum Gasteiger partial charge on any atom is -0.353 e. The molecular formula is C25H27FN6O2. The van der Waals surface area contributed by atoms with Gasteiger partial charge in [0.2, 0.25) is 5.91 Å². The molecule has 2 unspecified atom stereocenters. The fourth-order valence-corrected chi connectivity index (χ4v) is 4.24. The lowest BCUT2D eigenvalue weighted by Gasteiger charge is -2.12. The lowest BCUT2D eigenvalue weighted by molar-refractivity contribution is -0.122. The van der Waals surface area contributed by atoms with E-state index in [1.54, 1.807) is 30.6 Å². The molecule has 5 rings (SSSR count). The first kappa shape index (κ1) is 22.2. The van der Waals surface area contributed by atoms with Crippen molar-refractivity contribution in [3.63, 3.8) is 0 Å². The molecule has 2 saturated carbocycles. The van der Waals surface area contributed by atoms with Crippen LogP contribution in [-0.4, -0.2) is 37.6 Å². The number of benzene rings is 1. The van der Waals surface area contributed by atoms with Crippen LogP contribution in [0.4, 0.5) is 10.2 Å². The highest BCUT2D eigenvalue weighted by atomic mass is 19.1. The molecule has 0 saturated heterocycles. The molecular weight excluding hydrogens is 435 g/mol. The average molecular weight is 463 g/mol. The number of aryl methyl sites for hydroxylation is 1. The van der Waals surface area contributed by atoms with Gasteiger partial charge >= 0.3 is 0 Å². The maximum absolute atomic E-state index is 14.8. The first-order valence-electron chi connectivity index (χ1n) is 11.6. The molecule has 2 amide bonds. The topological polar surface area (TPSA) is 102 Å². The van der Waals surface area contributed by atoms with Gasteiger partial charge in [-0.3, -0.25) is 9.59 Å². The molecule has 0 bridgehead atoms. The van der Waals surface area contributed by atoms with Gasteiger partial charge in [0.15, 0.2) is 5.82 Å². The number of nitrogens with zero attached hydrogens (tertiary/aromatic N) is 4. The van der Waals surface area contributed by atoms with Crippen molar-refractivity contribution in [2.24, 2.45) is 5.92 Å². The minimum atomic E-state index is -0.603. The number of aromatic nitrogens is 4. The Kier molecular flexibility index (Phi) is 5.63. The Labute approximate surface area is 197 Å². The van der Waals surface area contributed by atoms with E-state index in [1.165, 1.54) is 6.07 Å². The first-order chi connectivity index (χ1) is 16.3. The molecule has 2 N–H and O–H groups in total. The van der Waals surface area contributed by atoms with Gasteiger partial charge in [-0.1, -0.05) is 6.07 Å². The summed E-state index contributed by atoms with van der Waals surface area (Å²) in [6.45, 7) is 5.83. The third-order valence-electron chi connectivity index (χ3n) is 6.40. The molecule has 2 aliphatic carbocycles. The van der Waals surface area contributed by atoms with Crippen molar-refractivity contribution >= 4 is 17.6 Å². The Morgan fingerprint density at radius 2 is 2.00 bits per heavy atom. The number of carbonyl (C=O) groups excluding carboxylic acids is 2. The number of rotatable bonds is 7. The lowest BCUT2D eigenvalue weighted by atomic mass is 9.99. The monoisotopic (exact) mass is 462 g/mol.